The van der Waals surface area contributed by atoms with Gasteiger partial charge in [-0.25, -0.2) is 8.78 Å². The molecule has 0 saturated heterocycles. The van der Waals surface area contributed by atoms with Crippen LogP contribution in [0.15, 0.2) is 183 Å². The molecule has 0 atom stereocenters. The molecule has 128 heavy (non-hydrogen) atoms. The van der Waals surface area contributed by atoms with E-state index < -0.39 is 32.1 Å². The summed E-state index contributed by atoms with van der Waals surface area (Å²) in [7, 11) is 1.39. The van der Waals surface area contributed by atoms with Gasteiger partial charge in [-0.05, 0) is 303 Å². The first kappa shape index (κ1) is 96.5. The topological polar surface area (TPSA) is 318 Å². The molecule has 0 spiro atoms. The van der Waals surface area contributed by atoms with E-state index in [1.807, 2.05) is 93.9 Å². The van der Waals surface area contributed by atoms with E-state index in [1.54, 1.807) is 107 Å². The number of carboxylic acids is 3. The highest BCUT2D eigenvalue weighted by molar-refractivity contribution is 9.11. The number of esters is 2. The Kier molecular flexibility index (Phi) is 32.1. The molecule has 4 aliphatic carbocycles. The Morgan fingerprint density at radius 2 is 0.859 bits per heavy atom. The second-order valence-electron chi connectivity index (χ2n) is 30.5. The van der Waals surface area contributed by atoms with Crippen LogP contribution in [-0.4, -0.2) is 158 Å². The van der Waals surface area contributed by atoms with Crippen molar-refractivity contribution in [2.45, 2.75) is 171 Å². The zero-order valence-corrected chi connectivity index (χ0v) is 85.6. The van der Waals surface area contributed by atoms with Gasteiger partial charge in [0.1, 0.15) is 63.5 Å². The molecule has 1 saturated carbocycles. The number of halogens is 7. The van der Waals surface area contributed by atoms with Crippen LogP contribution < -0.4 is 0 Å². The third-order valence-corrected chi connectivity index (χ3v) is 35.2. The maximum atomic E-state index is 13.7. The zero-order chi connectivity index (χ0) is 91.0. The van der Waals surface area contributed by atoms with Gasteiger partial charge in [-0.2, -0.15) is 0 Å². The molecule has 18 rings (SSSR count). The Hall–Kier alpha value is -7.56. The Bertz CT molecular complexity index is 6380. The van der Waals surface area contributed by atoms with Crippen LogP contribution in [0.5, 0.6) is 0 Å². The number of hydrogen-bond acceptors (Lipinski definition) is 27. The lowest BCUT2D eigenvalue weighted by atomic mass is 9.91. The Balaban J connectivity index is 0.000000130. The van der Waals surface area contributed by atoms with Gasteiger partial charge in [0.2, 0.25) is 14.2 Å². The van der Waals surface area contributed by atoms with Crippen LogP contribution in [0.25, 0.3) is 66.8 Å². The largest absolute Gasteiger partial charge is 0.481 e. The zero-order valence-electron chi connectivity index (χ0n) is 69.5. The number of thiophene rings is 5. The van der Waals surface area contributed by atoms with E-state index in [-0.39, 0.29) is 35.1 Å². The molecule has 0 unspecified atom stereocenters. The van der Waals surface area contributed by atoms with Crippen LogP contribution in [-0.2, 0) is 72.0 Å². The second kappa shape index (κ2) is 42.5. The van der Waals surface area contributed by atoms with Gasteiger partial charge in [-0.15, -0.1) is 108 Å². The lowest BCUT2D eigenvalue weighted by Crippen LogP contribution is -2.30. The number of carbonyl (C=O) groups excluding carboxylic acids is 2. The Morgan fingerprint density at radius 3 is 1.33 bits per heavy atom. The van der Waals surface area contributed by atoms with Crippen molar-refractivity contribution < 1.29 is 57.5 Å². The molecule has 42 heteroatoms. The second-order valence-corrected chi connectivity index (χ2v) is 46.1. The number of nitrogens with zero attached hydrogens (tertiary/aromatic N) is 15. The molecule has 25 nitrogen and oxygen atoms in total. The summed E-state index contributed by atoms with van der Waals surface area (Å²) in [6, 6.07) is 37.9. The van der Waals surface area contributed by atoms with E-state index in [9.17, 15) is 37.9 Å². The highest BCUT2D eigenvalue weighted by Crippen LogP contribution is 2.52. The van der Waals surface area contributed by atoms with Crippen LogP contribution in [0.4, 0.5) is 8.78 Å². The predicted molar refractivity (Wildman–Crippen MR) is 522 cm³/mol. The van der Waals surface area contributed by atoms with Gasteiger partial charge in [0.05, 0.1) is 30.1 Å². The number of aromatic nitrogens is 15. The number of rotatable bonds is 26. The molecule has 4 aromatic carbocycles. The fraction of sp³-hybridized carbons (Fsp3) is 0.314. The molecule has 14 aromatic rings. The number of carboxylic acid groups (broad SMARTS) is 3. The van der Waals surface area contributed by atoms with Gasteiger partial charge in [0.15, 0.2) is 25.8 Å². The first-order valence-corrected chi connectivity index (χ1v) is 52.3. The summed E-state index contributed by atoms with van der Waals surface area (Å²) in [5.41, 5.74) is 11.9. The summed E-state index contributed by atoms with van der Waals surface area (Å²) < 4.78 is 47.9. The van der Waals surface area contributed by atoms with Crippen molar-refractivity contribution in [1.82, 2.24) is 73.8 Å². The Morgan fingerprint density at radius 1 is 0.445 bits per heavy atom. The van der Waals surface area contributed by atoms with Gasteiger partial charge in [-0.3, -0.25) is 46.8 Å². The minimum atomic E-state index is -0.996. The standard InChI is InChI=1S/C20H20BrN3O2S2.2C17H13BrFN3O2S2.C17H16BrN3O2S2.C15H18BrN3O2S2/c1-20(2,17(25)26)28-19-23-22-18(21)24(19)16-14-11-7-6-10-13(14)15(27-16)12-8-4-3-5-9-12;18-16-20-21-17(25-8-13(23)24)22(16)15-12-6-2-5-11(12)14(26-15)9-3-1-4-10(19)7-9;18-16-20-21-17(25-8-13(23)24)22(16)15-12-3-1-2-11(12)14(26-15)9-4-6-10(19)7-5-9;1-17(2,15(22)23-3)25-16-20-19-10-21(16)13-9-12(18)14(24-13)11-7-5-4-6-8-11;1-4-21-13(20)15(2,3)23-14-18-17-8-19(14)11-7-10(16)12(22-11)9-5-6-9/h3-5,8-9H,6-7,10-11H2,1-2H3,(H,25,26);1,3-4,7H,2,5-6,8H2,(H,23,24);4-7H,1-3,8H2,(H,23,24);4-10H,1-3H3;7-9H,4-6H2,1-3H3. The smallest absolute Gasteiger partial charge is 0.322 e. The van der Waals surface area contributed by atoms with Crippen molar-refractivity contribution in [3.8, 4) is 66.8 Å². The summed E-state index contributed by atoms with van der Waals surface area (Å²) in [5, 5.41) is 76.7. The quantitative estimate of drug-likeness (QED) is 0.0335. The van der Waals surface area contributed by atoms with Gasteiger partial charge < -0.3 is 24.8 Å². The number of fused-ring (bicyclic) bond motifs is 3. The molecule has 10 aromatic heterocycles. The van der Waals surface area contributed by atoms with Crippen molar-refractivity contribution in [1.29, 1.82) is 0 Å². The molecular weight excluding hydrogens is 2160 g/mol. The van der Waals surface area contributed by atoms with E-state index in [0.29, 0.717) is 52.5 Å². The normalized spacial score (nSPS) is 13.4. The first-order valence-electron chi connectivity index (χ1n) is 39.9. The minimum Gasteiger partial charge on any atom is -0.481 e. The molecule has 0 amide bonds. The number of thioether (sulfide) groups is 5. The van der Waals surface area contributed by atoms with Gasteiger partial charge in [0, 0.05) is 28.5 Å². The lowest BCUT2D eigenvalue weighted by Gasteiger charge is -2.20. The third-order valence-electron chi connectivity index (χ3n) is 20.2. The van der Waals surface area contributed by atoms with Crippen LogP contribution in [0.3, 0.4) is 0 Å². The van der Waals surface area contributed by atoms with Crippen LogP contribution >= 0.6 is 195 Å². The average Bonchev–Trinajstić information content (AvgIpc) is 1.61. The molecule has 668 valence electrons. The van der Waals surface area contributed by atoms with Crippen LogP contribution in [0.2, 0.25) is 0 Å². The fourth-order valence-electron chi connectivity index (χ4n) is 14.0. The molecule has 0 bridgehead atoms. The van der Waals surface area contributed by atoms with Gasteiger partial charge >= 0.3 is 29.8 Å². The van der Waals surface area contributed by atoms with E-state index >= 15 is 0 Å². The summed E-state index contributed by atoms with van der Waals surface area (Å²) in [6.45, 7) is 12.9. The van der Waals surface area contributed by atoms with E-state index in [2.05, 4.69) is 173 Å². The molecular formula is C86H80Br5F2N15O10S10. The molecule has 1 fully saturated rings. The summed E-state index contributed by atoms with van der Waals surface area (Å²) in [5.74, 6) is -3.22. The van der Waals surface area contributed by atoms with Crippen LogP contribution in [0.1, 0.15) is 131 Å². The minimum absolute atomic E-state index is 0.0798. The maximum absolute atomic E-state index is 13.7. The number of carbonyl (C=O) groups is 5. The van der Waals surface area contributed by atoms with Crippen molar-refractivity contribution in [3.63, 3.8) is 0 Å². The monoisotopic (exact) mass is 2230 g/mol. The van der Waals surface area contributed by atoms with Crippen molar-refractivity contribution in [2.75, 3.05) is 25.2 Å². The number of aliphatic carboxylic acids is 3. The van der Waals surface area contributed by atoms with Gasteiger partial charge in [-0.1, -0.05) is 144 Å². The molecule has 10 heterocycles. The maximum Gasteiger partial charge on any atom is 0.322 e. The predicted octanol–water partition coefficient (Wildman–Crippen LogP) is 23.9. The average molecular weight is 2240 g/mol. The van der Waals surface area contributed by atoms with Crippen molar-refractivity contribution >= 4 is 225 Å². The molecule has 0 radical (unpaired) electrons. The summed E-state index contributed by atoms with van der Waals surface area (Å²) in [6.07, 6.45) is 16.3. The number of methoxy groups -OCH3 is 1. The Labute approximate surface area is 818 Å². The van der Waals surface area contributed by atoms with Crippen LogP contribution in [0, 0.1) is 11.6 Å². The fourth-order valence-corrected chi connectivity index (χ4v) is 28.6. The first-order chi connectivity index (χ1) is 61.3. The summed E-state index contributed by atoms with van der Waals surface area (Å²) in [4.78, 5) is 63.5. The van der Waals surface area contributed by atoms with Crippen molar-refractivity contribution in [3.05, 3.63) is 207 Å². The van der Waals surface area contributed by atoms with E-state index in [0.717, 1.165) is 147 Å². The van der Waals surface area contributed by atoms with Gasteiger partial charge in [0.25, 0.3) is 0 Å². The van der Waals surface area contributed by atoms with Crippen molar-refractivity contribution in [2.24, 2.45) is 0 Å². The highest BCUT2D eigenvalue weighted by atomic mass is 79.9. The van der Waals surface area contributed by atoms with E-state index in [1.165, 1.54) is 129 Å². The molecule has 4 aliphatic rings. The number of benzene rings is 4. The SMILES string of the molecule is CC(C)(Sc1nnc(Br)n1-c1sc(-c2ccccc2)c2c1CCCC2)C(=O)O.CCOC(=O)C(C)(C)Sc1nncn1-c1cc(Br)c(C2CC2)s1.COC(=O)C(C)(C)Sc1nncn1-c1cc(Br)c(-c2ccccc2)s1.O=C(O)CSc1nnc(Br)n1-c1sc(-c2ccc(F)cc2)c2c1CCC2.O=C(O)CSc1nnc(Br)n1-c1sc(-c2cccc(F)c2)c2c1CCC2. The highest BCUT2D eigenvalue weighted by Gasteiger charge is 2.38. The molecule has 0 aliphatic heterocycles. The lowest BCUT2D eigenvalue weighted by molar-refractivity contribution is -0.145. The number of ether oxygens (including phenoxy) is 2. The number of hydrogen-bond donors (Lipinski definition) is 3. The third kappa shape index (κ3) is 22.5. The molecule has 3 N–H and O–H groups in total. The summed E-state index contributed by atoms with van der Waals surface area (Å²) >= 11 is 32.1. The van der Waals surface area contributed by atoms with E-state index in [4.69, 9.17) is 19.7 Å².